The monoisotopic (exact) mass is 468 g/mol. The maximum atomic E-state index is 13.8. The summed E-state index contributed by atoms with van der Waals surface area (Å²) in [5.41, 5.74) is 1.33. The normalized spacial score (nSPS) is 21.6. The van der Waals surface area contributed by atoms with E-state index >= 15 is 0 Å². The Labute approximate surface area is 194 Å². The van der Waals surface area contributed by atoms with Crippen LogP contribution >= 0.6 is 0 Å². The molecular weight excluding hydrogens is 445 g/mol. The number of halogens is 3. The second kappa shape index (κ2) is 8.70. The number of carbonyl (C=O) groups is 1. The van der Waals surface area contributed by atoms with Crippen LogP contribution in [0.15, 0.2) is 55.0 Å². The number of benzene rings is 1. The third-order valence-electron chi connectivity index (χ3n) is 6.44. The van der Waals surface area contributed by atoms with Gasteiger partial charge in [0.2, 0.25) is 5.88 Å². The maximum absolute atomic E-state index is 13.8. The van der Waals surface area contributed by atoms with Gasteiger partial charge >= 0.3 is 6.18 Å². The van der Waals surface area contributed by atoms with Crippen LogP contribution in [0.25, 0.3) is 11.4 Å². The number of nitrogens with zero attached hydrogens (tertiary/aromatic N) is 4. The highest BCUT2D eigenvalue weighted by atomic mass is 19.4. The predicted molar refractivity (Wildman–Crippen MR) is 118 cm³/mol. The van der Waals surface area contributed by atoms with Crippen LogP contribution in [0.4, 0.5) is 13.2 Å². The SMILES string of the molecule is Cc1ccc(-c2ncccn2)c(C(=O)N2[C@H](COc3ccc(C(F)(F)F)cn3)CC[C@H]3C[C@H]32)c1. The highest BCUT2D eigenvalue weighted by Gasteiger charge is 2.50. The van der Waals surface area contributed by atoms with Gasteiger partial charge in [0.15, 0.2) is 5.82 Å². The number of fused-ring (bicyclic) bond motifs is 1. The van der Waals surface area contributed by atoms with Crippen molar-refractivity contribution in [2.75, 3.05) is 6.61 Å². The number of hydrogen-bond acceptors (Lipinski definition) is 5. The number of amides is 1. The number of alkyl halides is 3. The molecule has 0 unspecified atom stereocenters. The molecule has 3 atom stereocenters. The lowest BCUT2D eigenvalue weighted by atomic mass is 9.98. The van der Waals surface area contributed by atoms with Gasteiger partial charge in [-0.25, -0.2) is 15.0 Å². The number of aromatic nitrogens is 3. The first-order valence-corrected chi connectivity index (χ1v) is 11.2. The van der Waals surface area contributed by atoms with Crippen molar-refractivity contribution in [1.82, 2.24) is 19.9 Å². The van der Waals surface area contributed by atoms with Crippen molar-refractivity contribution >= 4 is 5.91 Å². The van der Waals surface area contributed by atoms with Gasteiger partial charge in [-0.3, -0.25) is 4.79 Å². The minimum absolute atomic E-state index is 0.104. The summed E-state index contributed by atoms with van der Waals surface area (Å²) in [7, 11) is 0. The summed E-state index contributed by atoms with van der Waals surface area (Å²) in [6.45, 7) is 2.09. The lowest BCUT2D eigenvalue weighted by Crippen LogP contribution is -2.48. The van der Waals surface area contributed by atoms with Gasteiger partial charge in [-0.15, -0.1) is 0 Å². The van der Waals surface area contributed by atoms with E-state index in [9.17, 15) is 18.0 Å². The average Bonchev–Trinajstić information content (AvgIpc) is 3.62. The Kier molecular flexibility index (Phi) is 5.71. The number of ether oxygens (including phenoxy) is 1. The number of piperidine rings is 1. The van der Waals surface area contributed by atoms with E-state index in [1.54, 1.807) is 18.5 Å². The Balaban J connectivity index is 1.38. The molecule has 3 heterocycles. The third-order valence-corrected chi connectivity index (χ3v) is 6.44. The zero-order valence-corrected chi connectivity index (χ0v) is 18.5. The van der Waals surface area contributed by atoms with E-state index in [2.05, 4.69) is 15.0 Å². The molecule has 0 bridgehead atoms. The quantitative estimate of drug-likeness (QED) is 0.531. The van der Waals surface area contributed by atoms with E-state index in [4.69, 9.17) is 4.74 Å². The fourth-order valence-electron chi connectivity index (χ4n) is 4.60. The first-order valence-electron chi connectivity index (χ1n) is 11.2. The minimum atomic E-state index is -4.45. The summed E-state index contributed by atoms with van der Waals surface area (Å²) in [6.07, 6.45) is 2.29. The van der Waals surface area contributed by atoms with Crippen molar-refractivity contribution in [1.29, 1.82) is 0 Å². The summed E-state index contributed by atoms with van der Waals surface area (Å²) in [4.78, 5) is 28.2. The van der Waals surface area contributed by atoms with Crippen LogP contribution in [-0.2, 0) is 6.18 Å². The Bertz CT molecular complexity index is 1190. The molecule has 0 radical (unpaired) electrons. The maximum Gasteiger partial charge on any atom is 0.417 e. The Hall–Kier alpha value is -3.49. The zero-order chi connectivity index (χ0) is 23.9. The summed E-state index contributed by atoms with van der Waals surface area (Å²) in [5, 5.41) is 0. The van der Waals surface area contributed by atoms with Crippen LogP contribution < -0.4 is 4.74 Å². The summed E-state index contributed by atoms with van der Waals surface area (Å²) in [5.74, 6) is 0.960. The predicted octanol–water partition coefficient (Wildman–Crippen LogP) is 4.94. The van der Waals surface area contributed by atoms with Crippen LogP contribution in [0.2, 0.25) is 0 Å². The van der Waals surface area contributed by atoms with Crippen molar-refractivity contribution in [2.45, 2.75) is 44.4 Å². The van der Waals surface area contributed by atoms with Gasteiger partial charge in [0, 0.05) is 36.3 Å². The molecule has 6 nitrogen and oxygen atoms in total. The van der Waals surface area contributed by atoms with E-state index in [1.165, 1.54) is 6.07 Å². The number of likely N-dealkylation sites (tertiary alicyclic amines) is 1. The fourth-order valence-corrected chi connectivity index (χ4v) is 4.60. The molecule has 2 aromatic heterocycles. The minimum Gasteiger partial charge on any atom is -0.475 e. The van der Waals surface area contributed by atoms with Gasteiger partial charge < -0.3 is 9.64 Å². The number of hydrogen-bond donors (Lipinski definition) is 0. The number of pyridine rings is 1. The molecule has 1 saturated heterocycles. The van der Waals surface area contributed by atoms with Crippen molar-refractivity contribution < 1.29 is 22.7 Å². The van der Waals surface area contributed by atoms with Gasteiger partial charge in [-0.1, -0.05) is 17.7 Å². The van der Waals surface area contributed by atoms with Crippen molar-refractivity contribution in [2.24, 2.45) is 5.92 Å². The Morgan fingerprint density at radius 2 is 1.91 bits per heavy atom. The molecule has 176 valence electrons. The molecular formula is C25H23F3N4O2. The zero-order valence-electron chi connectivity index (χ0n) is 18.5. The van der Waals surface area contributed by atoms with Crippen molar-refractivity contribution in [3.8, 4) is 17.3 Å². The smallest absolute Gasteiger partial charge is 0.417 e. The molecule has 5 rings (SSSR count). The molecule has 2 aliphatic rings. The molecule has 0 spiro atoms. The largest absolute Gasteiger partial charge is 0.475 e. The molecule has 1 aliphatic carbocycles. The number of carbonyl (C=O) groups excluding carboxylic acids is 1. The van der Waals surface area contributed by atoms with Gasteiger partial charge in [-0.2, -0.15) is 13.2 Å². The average molecular weight is 468 g/mol. The second-order valence-electron chi connectivity index (χ2n) is 8.82. The topological polar surface area (TPSA) is 68.2 Å². The summed E-state index contributed by atoms with van der Waals surface area (Å²) < 4.78 is 44.1. The molecule has 0 N–H and O–H groups in total. The van der Waals surface area contributed by atoms with Crippen molar-refractivity contribution in [3.63, 3.8) is 0 Å². The molecule has 2 fully saturated rings. The van der Waals surface area contributed by atoms with E-state index in [0.29, 0.717) is 22.9 Å². The Morgan fingerprint density at radius 3 is 2.62 bits per heavy atom. The van der Waals surface area contributed by atoms with Crippen LogP contribution in [0, 0.1) is 12.8 Å². The molecule has 9 heteroatoms. The summed E-state index contributed by atoms with van der Waals surface area (Å²) in [6, 6.07) is 9.46. The van der Waals surface area contributed by atoms with Crippen LogP contribution in [0.5, 0.6) is 5.88 Å². The molecule has 34 heavy (non-hydrogen) atoms. The van der Waals surface area contributed by atoms with Crippen LogP contribution in [0.1, 0.15) is 40.7 Å². The molecule has 1 aliphatic heterocycles. The van der Waals surface area contributed by atoms with Gasteiger partial charge in [0.1, 0.15) is 6.61 Å². The van der Waals surface area contributed by atoms with Crippen LogP contribution in [-0.4, -0.2) is 44.4 Å². The van der Waals surface area contributed by atoms with E-state index in [-0.39, 0.29) is 30.5 Å². The van der Waals surface area contributed by atoms with Crippen LogP contribution in [0.3, 0.4) is 0 Å². The Morgan fingerprint density at radius 1 is 1.12 bits per heavy atom. The first-order chi connectivity index (χ1) is 16.3. The highest BCUT2D eigenvalue weighted by molar-refractivity contribution is 6.01. The van der Waals surface area contributed by atoms with E-state index in [1.807, 2.05) is 30.0 Å². The summed E-state index contributed by atoms with van der Waals surface area (Å²) >= 11 is 0. The third kappa shape index (κ3) is 4.47. The molecule has 3 aromatic rings. The van der Waals surface area contributed by atoms with Gasteiger partial charge in [0.05, 0.1) is 17.2 Å². The highest BCUT2D eigenvalue weighted by Crippen LogP contribution is 2.46. The molecule has 1 aromatic carbocycles. The number of aryl methyl sites for hydroxylation is 1. The molecule has 1 saturated carbocycles. The standard InChI is InChI=1S/C25H23F3N4O2/c1-15-3-7-19(23-29-9-2-10-30-23)20(11-15)24(33)32-18(6-4-16-12-21(16)32)14-34-22-8-5-17(13-31-22)25(26,27)28/h2-3,5,7-11,13,16,18,21H,4,6,12,14H2,1H3/t16-,18-,21+/m0/s1. The number of rotatable bonds is 5. The lowest BCUT2D eigenvalue weighted by molar-refractivity contribution is -0.137. The van der Waals surface area contributed by atoms with Gasteiger partial charge in [-0.05, 0) is 50.3 Å². The second-order valence-corrected chi connectivity index (χ2v) is 8.82. The molecule has 1 amide bonds. The van der Waals surface area contributed by atoms with E-state index < -0.39 is 11.7 Å². The lowest BCUT2D eigenvalue weighted by Gasteiger charge is -2.36. The first kappa shape index (κ1) is 22.3. The van der Waals surface area contributed by atoms with Gasteiger partial charge in [0.25, 0.3) is 5.91 Å². The van der Waals surface area contributed by atoms with Crippen molar-refractivity contribution in [3.05, 3.63) is 71.7 Å². The fraction of sp³-hybridized carbons (Fsp3) is 0.360. The van der Waals surface area contributed by atoms with E-state index in [0.717, 1.165) is 37.1 Å².